The standard InChI is InChI=1S/C27H38N6O2/c1-19(2)13-14-33-27(28-29-30-33)25(22-10-8-12-24(34-5)26(22)35-6)32-17-15-31(16-18-32)23-11-7-9-20(3)21(23)4/h7-12,19,25H,13-18H2,1-6H3/t25-/m0/s1. The predicted octanol–water partition coefficient (Wildman–Crippen LogP) is 4.26. The molecule has 1 fully saturated rings. The van der Waals surface area contributed by atoms with Crippen molar-refractivity contribution in [2.75, 3.05) is 45.3 Å². The van der Waals surface area contributed by atoms with E-state index in [9.17, 15) is 0 Å². The SMILES string of the molecule is COc1cccc([C@@H](c2nnnn2CCC(C)C)N2CCN(c3cccc(C)c3C)CC2)c1OC. The molecule has 0 amide bonds. The van der Waals surface area contributed by atoms with Crippen molar-refractivity contribution < 1.29 is 9.47 Å². The van der Waals surface area contributed by atoms with E-state index in [1.54, 1.807) is 14.2 Å². The van der Waals surface area contributed by atoms with E-state index in [-0.39, 0.29) is 6.04 Å². The fraction of sp³-hybridized carbons (Fsp3) is 0.519. The number of hydrogen-bond acceptors (Lipinski definition) is 7. The average molecular weight is 479 g/mol. The lowest BCUT2D eigenvalue weighted by Crippen LogP contribution is -2.48. The van der Waals surface area contributed by atoms with Gasteiger partial charge in [0.25, 0.3) is 0 Å². The van der Waals surface area contributed by atoms with E-state index in [2.05, 4.69) is 77.3 Å². The number of tetrazole rings is 1. The fourth-order valence-electron chi connectivity index (χ4n) is 4.87. The highest BCUT2D eigenvalue weighted by molar-refractivity contribution is 5.56. The number of anilines is 1. The molecule has 2 aromatic carbocycles. The molecule has 188 valence electrons. The molecule has 1 aliphatic rings. The Kier molecular flexibility index (Phi) is 7.90. The molecule has 0 N–H and O–H groups in total. The Morgan fingerprint density at radius 3 is 2.37 bits per heavy atom. The summed E-state index contributed by atoms with van der Waals surface area (Å²) in [6.07, 6.45) is 1.01. The van der Waals surface area contributed by atoms with Crippen LogP contribution >= 0.6 is 0 Å². The molecule has 8 heteroatoms. The third-order valence-electron chi connectivity index (χ3n) is 7.05. The smallest absolute Gasteiger partial charge is 0.173 e. The van der Waals surface area contributed by atoms with Crippen molar-refractivity contribution in [2.45, 2.75) is 46.7 Å². The number of hydrogen-bond donors (Lipinski definition) is 0. The normalized spacial score (nSPS) is 15.5. The largest absolute Gasteiger partial charge is 0.493 e. The van der Waals surface area contributed by atoms with Gasteiger partial charge in [0.2, 0.25) is 0 Å². The third-order valence-corrected chi connectivity index (χ3v) is 7.05. The highest BCUT2D eigenvalue weighted by Crippen LogP contribution is 2.40. The van der Waals surface area contributed by atoms with Gasteiger partial charge in [-0.25, -0.2) is 4.68 Å². The van der Waals surface area contributed by atoms with Crippen molar-refractivity contribution in [1.29, 1.82) is 0 Å². The lowest BCUT2D eigenvalue weighted by atomic mass is 10.0. The van der Waals surface area contributed by atoms with Crippen LogP contribution in [0.25, 0.3) is 0 Å². The van der Waals surface area contributed by atoms with E-state index >= 15 is 0 Å². The number of aryl methyl sites for hydroxylation is 2. The van der Waals surface area contributed by atoms with Crippen molar-refractivity contribution in [3.8, 4) is 11.5 Å². The monoisotopic (exact) mass is 478 g/mol. The highest BCUT2D eigenvalue weighted by Gasteiger charge is 2.33. The van der Waals surface area contributed by atoms with Crippen molar-refractivity contribution in [1.82, 2.24) is 25.1 Å². The first-order chi connectivity index (χ1) is 16.9. The van der Waals surface area contributed by atoms with Gasteiger partial charge in [0.1, 0.15) is 6.04 Å². The molecule has 2 heterocycles. The van der Waals surface area contributed by atoms with Gasteiger partial charge in [-0.15, -0.1) is 5.10 Å². The number of piperazine rings is 1. The molecule has 1 aliphatic heterocycles. The molecule has 3 aromatic rings. The molecule has 1 saturated heterocycles. The maximum atomic E-state index is 5.85. The van der Waals surface area contributed by atoms with Gasteiger partial charge in [0.05, 0.1) is 14.2 Å². The van der Waals surface area contributed by atoms with Gasteiger partial charge in [0.15, 0.2) is 17.3 Å². The third kappa shape index (κ3) is 5.27. The second-order valence-corrected chi connectivity index (χ2v) is 9.67. The molecular formula is C27H38N6O2. The van der Waals surface area contributed by atoms with E-state index < -0.39 is 0 Å². The van der Waals surface area contributed by atoms with Crippen molar-refractivity contribution in [3.63, 3.8) is 0 Å². The van der Waals surface area contributed by atoms with Gasteiger partial charge in [-0.1, -0.05) is 38.1 Å². The van der Waals surface area contributed by atoms with Crippen LogP contribution in [-0.4, -0.2) is 65.5 Å². The minimum Gasteiger partial charge on any atom is -0.493 e. The minimum atomic E-state index is -0.136. The van der Waals surface area contributed by atoms with Crippen molar-refractivity contribution in [2.24, 2.45) is 5.92 Å². The van der Waals surface area contributed by atoms with Crippen LogP contribution in [0.3, 0.4) is 0 Å². The number of nitrogens with zero attached hydrogens (tertiary/aromatic N) is 6. The second-order valence-electron chi connectivity index (χ2n) is 9.67. The summed E-state index contributed by atoms with van der Waals surface area (Å²) in [6.45, 7) is 13.2. The van der Waals surface area contributed by atoms with E-state index in [1.165, 1.54) is 16.8 Å². The summed E-state index contributed by atoms with van der Waals surface area (Å²) >= 11 is 0. The Bertz CT molecular complexity index is 1120. The number of methoxy groups -OCH3 is 2. The maximum absolute atomic E-state index is 5.85. The van der Waals surface area contributed by atoms with Gasteiger partial charge in [-0.2, -0.15) is 0 Å². The molecular weight excluding hydrogens is 440 g/mol. The number of para-hydroxylation sites is 1. The van der Waals surface area contributed by atoms with Gasteiger partial charge in [-0.3, -0.25) is 4.90 Å². The van der Waals surface area contributed by atoms with Crippen LogP contribution in [0.4, 0.5) is 5.69 Å². The topological polar surface area (TPSA) is 68.5 Å². The van der Waals surface area contributed by atoms with Crippen LogP contribution in [0.15, 0.2) is 36.4 Å². The summed E-state index contributed by atoms with van der Waals surface area (Å²) in [4.78, 5) is 4.96. The second kappa shape index (κ2) is 11.1. The molecule has 0 saturated carbocycles. The number of rotatable bonds is 9. The Hall–Kier alpha value is -3.13. The van der Waals surface area contributed by atoms with Crippen LogP contribution in [0, 0.1) is 19.8 Å². The van der Waals surface area contributed by atoms with Crippen LogP contribution < -0.4 is 14.4 Å². The number of ether oxygens (including phenoxy) is 2. The Morgan fingerprint density at radius 1 is 0.943 bits per heavy atom. The van der Waals surface area contributed by atoms with Crippen molar-refractivity contribution in [3.05, 3.63) is 58.9 Å². The first-order valence-corrected chi connectivity index (χ1v) is 12.5. The first kappa shape index (κ1) is 25.0. The molecule has 1 aromatic heterocycles. The zero-order chi connectivity index (χ0) is 24.9. The van der Waals surface area contributed by atoms with Crippen LogP contribution in [-0.2, 0) is 6.54 Å². The van der Waals surface area contributed by atoms with E-state index in [0.717, 1.165) is 56.3 Å². The zero-order valence-electron chi connectivity index (χ0n) is 21.9. The first-order valence-electron chi connectivity index (χ1n) is 12.5. The molecule has 0 radical (unpaired) electrons. The molecule has 35 heavy (non-hydrogen) atoms. The summed E-state index contributed by atoms with van der Waals surface area (Å²) in [5.74, 6) is 2.86. The molecule has 0 aliphatic carbocycles. The molecule has 0 unspecified atom stereocenters. The van der Waals surface area contributed by atoms with E-state index in [0.29, 0.717) is 11.7 Å². The Balaban J connectivity index is 1.68. The van der Waals surface area contributed by atoms with Crippen LogP contribution in [0.2, 0.25) is 0 Å². The molecule has 0 bridgehead atoms. The summed E-state index contributed by atoms with van der Waals surface area (Å²) in [5, 5.41) is 13.0. The van der Waals surface area contributed by atoms with Gasteiger partial charge in [0, 0.05) is 44.0 Å². The lowest BCUT2D eigenvalue weighted by molar-refractivity contribution is 0.195. The van der Waals surface area contributed by atoms with Crippen LogP contribution in [0.1, 0.15) is 48.8 Å². The number of benzene rings is 2. The van der Waals surface area contributed by atoms with E-state index in [1.807, 2.05) is 16.8 Å². The van der Waals surface area contributed by atoms with Gasteiger partial charge in [-0.05, 0) is 59.9 Å². The molecule has 1 atom stereocenters. The van der Waals surface area contributed by atoms with Crippen LogP contribution in [0.5, 0.6) is 11.5 Å². The molecule has 8 nitrogen and oxygen atoms in total. The average Bonchev–Trinajstić information content (AvgIpc) is 3.33. The predicted molar refractivity (Wildman–Crippen MR) is 138 cm³/mol. The highest BCUT2D eigenvalue weighted by atomic mass is 16.5. The van der Waals surface area contributed by atoms with Gasteiger partial charge >= 0.3 is 0 Å². The summed E-state index contributed by atoms with van der Waals surface area (Å²) in [7, 11) is 3.37. The Morgan fingerprint density at radius 2 is 1.69 bits per heavy atom. The van der Waals surface area contributed by atoms with Crippen molar-refractivity contribution >= 4 is 5.69 Å². The quantitative estimate of drug-likeness (QED) is 0.455. The van der Waals surface area contributed by atoms with E-state index in [4.69, 9.17) is 9.47 Å². The molecule has 4 rings (SSSR count). The zero-order valence-corrected chi connectivity index (χ0v) is 21.9. The minimum absolute atomic E-state index is 0.136. The summed E-state index contributed by atoms with van der Waals surface area (Å²) in [6, 6.07) is 12.5. The molecule has 0 spiro atoms. The number of aromatic nitrogens is 4. The maximum Gasteiger partial charge on any atom is 0.173 e. The Labute approximate surface area is 208 Å². The summed E-state index contributed by atoms with van der Waals surface area (Å²) in [5.41, 5.74) is 5.02. The fourth-order valence-corrected chi connectivity index (χ4v) is 4.87. The van der Waals surface area contributed by atoms with Gasteiger partial charge < -0.3 is 14.4 Å². The summed E-state index contributed by atoms with van der Waals surface area (Å²) < 4.78 is 13.4. The lowest BCUT2D eigenvalue weighted by Gasteiger charge is -2.40.